The van der Waals surface area contributed by atoms with Crippen molar-refractivity contribution in [3.8, 4) is 0 Å². The fraction of sp³-hybridized carbons (Fsp3) is 0.714. The normalized spacial score (nSPS) is 9.60. The molecule has 0 heterocycles. The van der Waals surface area contributed by atoms with E-state index in [0.29, 0.717) is 22.1 Å². The lowest BCUT2D eigenvalue weighted by molar-refractivity contribution is -0.111. The van der Waals surface area contributed by atoms with Gasteiger partial charge in [-0.1, -0.05) is 6.42 Å². The highest BCUT2D eigenvalue weighted by atomic mass is 28.1. The molecule has 0 fully saturated rings. The second kappa shape index (κ2) is 6.67. The van der Waals surface area contributed by atoms with Crippen molar-refractivity contribution in [1.82, 2.24) is 0 Å². The molecule has 10 heavy (non-hydrogen) atoms. The minimum atomic E-state index is 0.381. The highest BCUT2D eigenvalue weighted by Gasteiger charge is 1.92. The van der Waals surface area contributed by atoms with Gasteiger partial charge in [-0.3, -0.25) is 0 Å². The molecule has 0 aliphatic heterocycles. The molecule has 0 N–H and O–H groups in total. The molecule has 0 spiro atoms. The predicted octanol–water partition coefficient (Wildman–Crippen LogP) is 0.0278. The lowest BCUT2D eigenvalue weighted by atomic mass is 10.2. The molecule has 3 heteroatoms. The third-order valence-electron chi connectivity index (χ3n) is 1.35. The topological polar surface area (TPSA) is 34.1 Å². The Labute approximate surface area is 64.4 Å². The first-order valence-corrected chi connectivity index (χ1v) is 4.70. The Morgan fingerprint density at radius 2 is 2.00 bits per heavy atom. The van der Waals surface area contributed by atoms with Crippen LogP contribution in [0.2, 0.25) is 0 Å². The van der Waals surface area contributed by atoms with E-state index in [9.17, 15) is 9.59 Å². The highest BCUT2D eigenvalue weighted by Crippen LogP contribution is 2.00. The van der Waals surface area contributed by atoms with Gasteiger partial charge in [0, 0.05) is 12.8 Å². The summed E-state index contributed by atoms with van der Waals surface area (Å²) in [5.41, 5.74) is 0. The van der Waals surface area contributed by atoms with Crippen molar-refractivity contribution in [2.75, 3.05) is 0 Å². The number of unbranched alkanes of at least 4 members (excludes halogenated alkanes) is 3. The molecule has 0 aliphatic carbocycles. The summed E-state index contributed by atoms with van der Waals surface area (Å²) >= 11 is 0. The van der Waals surface area contributed by atoms with E-state index in [2.05, 4.69) is 0 Å². The maximum absolute atomic E-state index is 10.5. The maximum Gasteiger partial charge on any atom is 0.119 e. The van der Waals surface area contributed by atoms with Gasteiger partial charge in [-0.2, -0.15) is 0 Å². The molecule has 2 nitrogen and oxygen atoms in total. The molecule has 0 aliphatic rings. The molecule has 0 unspecified atom stereocenters. The second-order valence-electron chi connectivity index (χ2n) is 2.47. The first-order chi connectivity index (χ1) is 4.77. The van der Waals surface area contributed by atoms with E-state index in [1.165, 1.54) is 0 Å². The van der Waals surface area contributed by atoms with Crippen LogP contribution in [0.1, 0.15) is 32.1 Å². The van der Waals surface area contributed by atoms with Crippen LogP contribution in [0.4, 0.5) is 0 Å². The van der Waals surface area contributed by atoms with Crippen molar-refractivity contribution < 1.29 is 9.59 Å². The Bertz CT molecular complexity index is 112. The zero-order valence-corrected chi connectivity index (χ0v) is 8.43. The van der Waals surface area contributed by atoms with Gasteiger partial charge in [-0.25, -0.2) is 0 Å². The molecule has 0 amide bonds. The molecule has 58 valence electrons. The Balaban J connectivity index is 2.90. The predicted molar refractivity (Wildman–Crippen MR) is 44.1 cm³/mol. The van der Waals surface area contributed by atoms with E-state index >= 15 is 0 Å². The summed E-state index contributed by atoms with van der Waals surface area (Å²) < 4.78 is 0. The minimum absolute atomic E-state index is 0.381. The monoisotopic (exact) mass is 158 g/mol. The number of aldehydes is 1. The second-order valence-corrected chi connectivity index (χ2v) is 3.58. The summed E-state index contributed by atoms with van der Waals surface area (Å²) in [6.45, 7) is 0. The average Bonchev–Trinajstić information content (AvgIpc) is 1.87. The zero-order valence-electron chi connectivity index (χ0n) is 6.43. The Kier molecular flexibility index (Phi) is 6.38. The Hall–Kier alpha value is -0.443. The van der Waals surface area contributed by atoms with Crippen molar-refractivity contribution in [3.05, 3.63) is 0 Å². The summed E-state index contributed by atoms with van der Waals surface area (Å²) in [5, 5.41) is 0.381. The number of carbonyl (C=O) groups excluding carboxylic acids is 2. The van der Waals surface area contributed by atoms with Gasteiger partial charge < -0.3 is 9.59 Å². The number of carbonyl (C=O) groups is 2. The van der Waals surface area contributed by atoms with Crippen molar-refractivity contribution in [1.29, 1.82) is 0 Å². The van der Waals surface area contributed by atoms with Crippen LogP contribution in [0.5, 0.6) is 0 Å². The third-order valence-corrected chi connectivity index (χ3v) is 1.85. The minimum Gasteiger partial charge on any atom is -0.307 e. The van der Waals surface area contributed by atoms with Gasteiger partial charge in [-0.15, -0.1) is 0 Å². The summed E-state index contributed by atoms with van der Waals surface area (Å²) in [6.07, 6.45) is 5.24. The van der Waals surface area contributed by atoms with Crippen LogP contribution in [-0.4, -0.2) is 21.9 Å². The molecule has 0 aromatic carbocycles. The van der Waals surface area contributed by atoms with Crippen LogP contribution in [-0.2, 0) is 9.59 Å². The van der Waals surface area contributed by atoms with Crippen LogP contribution >= 0.6 is 0 Å². The van der Waals surface area contributed by atoms with Crippen LogP contribution in [0, 0.1) is 0 Å². The first kappa shape index (κ1) is 9.56. The highest BCUT2D eigenvalue weighted by molar-refractivity contribution is 6.57. The quantitative estimate of drug-likeness (QED) is 0.310. The Morgan fingerprint density at radius 3 is 2.50 bits per heavy atom. The van der Waals surface area contributed by atoms with Crippen LogP contribution in [0.3, 0.4) is 0 Å². The van der Waals surface area contributed by atoms with Crippen LogP contribution < -0.4 is 0 Å². The third kappa shape index (κ3) is 7.56. The van der Waals surface area contributed by atoms with Gasteiger partial charge in [-0.05, 0) is 12.8 Å². The molecule has 0 rings (SSSR count). The van der Waals surface area contributed by atoms with Gasteiger partial charge >= 0.3 is 0 Å². The summed E-state index contributed by atoms with van der Waals surface area (Å²) in [5.74, 6) is 0. The number of hydrogen-bond donors (Lipinski definition) is 0. The largest absolute Gasteiger partial charge is 0.307 e. The molecular weight excluding hydrogens is 144 g/mol. The summed E-state index contributed by atoms with van der Waals surface area (Å²) in [4.78, 5) is 20.3. The first-order valence-electron chi connectivity index (χ1n) is 3.70. The van der Waals surface area contributed by atoms with E-state index in [4.69, 9.17) is 0 Å². The lowest BCUT2D eigenvalue weighted by Gasteiger charge is -1.93. The van der Waals surface area contributed by atoms with E-state index in [1.807, 2.05) is 0 Å². The maximum atomic E-state index is 10.5. The molecule has 0 atom stereocenters. The lowest BCUT2D eigenvalue weighted by Crippen LogP contribution is -1.94. The fourth-order valence-electron chi connectivity index (χ4n) is 0.778. The van der Waals surface area contributed by atoms with Crippen molar-refractivity contribution >= 4 is 21.9 Å². The fourth-order valence-corrected chi connectivity index (χ4v) is 1.13. The van der Waals surface area contributed by atoms with E-state index < -0.39 is 0 Å². The SMILES string of the molecule is O=CCCCCCC(=O)[SiH3]. The molecule has 0 radical (unpaired) electrons. The van der Waals surface area contributed by atoms with Gasteiger partial charge in [0.2, 0.25) is 0 Å². The van der Waals surface area contributed by atoms with Crippen LogP contribution in [0.15, 0.2) is 0 Å². The molecule has 0 bridgehead atoms. The standard InChI is InChI=1S/C7H14O2Si/c8-6-4-2-1-3-5-7(9)10/h6H,1-5H2,10H3. The van der Waals surface area contributed by atoms with E-state index in [0.717, 1.165) is 32.0 Å². The van der Waals surface area contributed by atoms with Crippen molar-refractivity contribution in [2.45, 2.75) is 32.1 Å². The molecule has 0 saturated carbocycles. The van der Waals surface area contributed by atoms with Gasteiger partial charge in [0.1, 0.15) is 11.7 Å². The molecule has 0 saturated heterocycles. The number of rotatable bonds is 6. The average molecular weight is 158 g/mol. The van der Waals surface area contributed by atoms with Gasteiger partial charge in [0.05, 0.1) is 10.2 Å². The number of hydrogen-bond acceptors (Lipinski definition) is 2. The van der Waals surface area contributed by atoms with E-state index in [1.54, 1.807) is 0 Å². The van der Waals surface area contributed by atoms with Gasteiger partial charge in [0.15, 0.2) is 0 Å². The summed E-state index contributed by atoms with van der Waals surface area (Å²) in [7, 11) is 0.680. The molecule has 0 aromatic heterocycles. The molecule has 0 aromatic rings. The van der Waals surface area contributed by atoms with E-state index in [-0.39, 0.29) is 0 Å². The van der Waals surface area contributed by atoms with Crippen molar-refractivity contribution in [3.63, 3.8) is 0 Å². The smallest absolute Gasteiger partial charge is 0.119 e. The Morgan fingerprint density at radius 1 is 1.30 bits per heavy atom. The van der Waals surface area contributed by atoms with Crippen LogP contribution in [0.25, 0.3) is 0 Å². The van der Waals surface area contributed by atoms with Gasteiger partial charge in [0.25, 0.3) is 0 Å². The zero-order chi connectivity index (χ0) is 7.82. The summed E-state index contributed by atoms with van der Waals surface area (Å²) in [6, 6.07) is 0. The van der Waals surface area contributed by atoms with Crippen molar-refractivity contribution in [2.24, 2.45) is 0 Å². The molecular formula is C7H14O2Si.